The number of nitrogens with zero attached hydrogens (tertiary/aromatic N) is 1. The number of primary amides is 1. The molecule has 0 atom stereocenters. The van der Waals surface area contributed by atoms with Gasteiger partial charge >= 0.3 is 0 Å². The van der Waals surface area contributed by atoms with Crippen LogP contribution >= 0.6 is 0 Å². The molecule has 0 saturated heterocycles. The van der Waals surface area contributed by atoms with Gasteiger partial charge in [-0.1, -0.05) is 0 Å². The Morgan fingerprint density at radius 2 is 2.14 bits per heavy atom. The summed E-state index contributed by atoms with van der Waals surface area (Å²) in [5.74, 6) is -0.549. The predicted octanol–water partition coefficient (Wildman–Crippen LogP) is 0.472. The van der Waals surface area contributed by atoms with Crippen LogP contribution in [0.2, 0.25) is 0 Å². The minimum Gasteiger partial charge on any atom is -0.366 e. The molecule has 0 saturated carbocycles. The molecule has 0 aliphatic rings. The number of ether oxygens (including phenoxy) is 2. The van der Waals surface area contributed by atoms with Crippen molar-refractivity contribution in [1.82, 2.24) is 4.98 Å². The monoisotopic (exact) mass is 196 g/mol. The zero-order valence-electron chi connectivity index (χ0n) is 8.06. The van der Waals surface area contributed by atoms with Gasteiger partial charge in [-0.25, -0.2) is 0 Å². The van der Waals surface area contributed by atoms with Crippen molar-refractivity contribution in [3.8, 4) is 0 Å². The molecule has 0 fully saturated rings. The van der Waals surface area contributed by atoms with Gasteiger partial charge in [-0.3, -0.25) is 9.78 Å². The number of hydrogen-bond acceptors (Lipinski definition) is 4. The zero-order chi connectivity index (χ0) is 10.6. The molecule has 76 valence electrons. The maximum absolute atomic E-state index is 11.0. The van der Waals surface area contributed by atoms with E-state index in [1.165, 1.54) is 20.4 Å². The van der Waals surface area contributed by atoms with Gasteiger partial charge in [0, 0.05) is 32.2 Å². The first-order chi connectivity index (χ1) is 6.70. The predicted molar refractivity (Wildman–Crippen MR) is 49.5 cm³/mol. The molecule has 0 bridgehead atoms. The SMILES string of the molecule is COC(OC)c1ccncc1C(N)=O. The van der Waals surface area contributed by atoms with E-state index in [0.29, 0.717) is 11.1 Å². The van der Waals surface area contributed by atoms with E-state index in [4.69, 9.17) is 15.2 Å². The van der Waals surface area contributed by atoms with Crippen LogP contribution in [0.15, 0.2) is 18.5 Å². The van der Waals surface area contributed by atoms with Crippen molar-refractivity contribution in [2.75, 3.05) is 14.2 Å². The summed E-state index contributed by atoms with van der Waals surface area (Å²) in [6, 6.07) is 1.64. The Morgan fingerprint density at radius 3 is 2.64 bits per heavy atom. The quantitative estimate of drug-likeness (QED) is 0.710. The molecule has 5 nitrogen and oxygen atoms in total. The van der Waals surface area contributed by atoms with Crippen molar-refractivity contribution >= 4 is 5.91 Å². The Balaban J connectivity index is 3.11. The van der Waals surface area contributed by atoms with Crippen molar-refractivity contribution in [2.45, 2.75) is 6.29 Å². The molecule has 1 amide bonds. The lowest BCUT2D eigenvalue weighted by molar-refractivity contribution is -0.106. The molecule has 0 aliphatic carbocycles. The van der Waals surface area contributed by atoms with Gasteiger partial charge in [-0.2, -0.15) is 0 Å². The maximum atomic E-state index is 11.0. The van der Waals surface area contributed by atoms with E-state index in [0.717, 1.165) is 0 Å². The largest absolute Gasteiger partial charge is 0.366 e. The fourth-order valence-corrected chi connectivity index (χ4v) is 1.17. The Labute approximate surface area is 81.8 Å². The van der Waals surface area contributed by atoms with Crippen molar-refractivity contribution < 1.29 is 14.3 Å². The number of hydrogen-bond donors (Lipinski definition) is 1. The van der Waals surface area contributed by atoms with E-state index >= 15 is 0 Å². The third-order valence-electron chi connectivity index (χ3n) is 1.80. The van der Waals surface area contributed by atoms with Gasteiger partial charge in [0.05, 0.1) is 5.56 Å². The summed E-state index contributed by atoms with van der Waals surface area (Å²) in [4.78, 5) is 14.8. The van der Waals surface area contributed by atoms with Crippen molar-refractivity contribution in [3.05, 3.63) is 29.6 Å². The van der Waals surface area contributed by atoms with Crippen LogP contribution in [0.5, 0.6) is 0 Å². The van der Waals surface area contributed by atoms with Crippen molar-refractivity contribution in [1.29, 1.82) is 0 Å². The molecular formula is C9H12N2O3. The molecule has 0 radical (unpaired) electrons. The van der Waals surface area contributed by atoms with Crippen molar-refractivity contribution in [2.24, 2.45) is 5.73 Å². The summed E-state index contributed by atoms with van der Waals surface area (Å²) in [6.07, 6.45) is 2.34. The van der Waals surface area contributed by atoms with Gasteiger partial charge < -0.3 is 15.2 Å². The number of carbonyl (C=O) groups excluding carboxylic acids is 1. The highest BCUT2D eigenvalue weighted by Gasteiger charge is 2.16. The van der Waals surface area contributed by atoms with Crippen LogP contribution in [0, 0.1) is 0 Å². The van der Waals surface area contributed by atoms with Gasteiger partial charge in [0.2, 0.25) is 0 Å². The minimum absolute atomic E-state index is 0.307. The lowest BCUT2D eigenvalue weighted by atomic mass is 10.1. The molecule has 5 heteroatoms. The number of rotatable bonds is 4. The van der Waals surface area contributed by atoms with E-state index in [9.17, 15) is 4.79 Å². The third kappa shape index (κ3) is 2.07. The molecular weight excluding hydrogens is 184 g/mol. The number of methoxy groups -OCH3 is 2. The maximum Gasteiger partial charge on any atom is 0.250 e. The normalized spacial score (nSPS) is 10.5. The first kappa shape index (κ1) is 10.6. The van der Waals surface area contributed by atoms with Gasteiger partial charge in [0.1, 0.15) is 0 Å². The number of carbonyl (C=O) groups is 1. The molecule has 0 spiro atoms. The van der Waals surface area contributed by atoms with E-state index in [-0.39, 0.29) is 0 Å². The number of pyridine rings is 1. The molecule has 0 aliphatic heterocycles. The van der Waals surface area contributed by atoms with Crippen LogP contribution in [0.25, 0.3) is 0 Å². The molecule has 1 aromatic rings. The Hall–Kier alpha value is -1.46. The highest BCUT2D eigenvalue weighted by molar-refractivity contribution is 5.94. The summed E-state index contributed by atoms with van der Waals surface area (Å²) >= 11 is 0. The molecule has 0 unspecified atom stereocenters. The van der Waals surface area contributed by atoms with Crippen LogP contribution in [-0.2, 0) is 9.47 Å². The third-order valence-corrected chi connectivity index (χ3v) is 1.80. The molecule has 14 heavy (non-hydrogen) atoms. The average molecular weight is 196 g/mol. The van der Waals surface area contributed by atoms with Crippen LogP contribution in [0.4, 0.5) is 0 Å². The number of amides is 1. The number of nitrogens with two attached hydrogens (primary N) is 1. The topological polar surface area (TPSA) is 74.4 Å². The van der Waals surface area contributed by atoms with Gasteiger partial charge in [-0.15, -0.1) is 0 Å². The fourth-order valence-electron chi connectivity index (χ4n) is 1.17. The van der Waals surface area contributed by atoms with Crippen molar-refractivity contribution in [3.63, 3.8) is 0 Å². The first-order valence-corrected chi connectivity index (χ1v) is 4.00. The minimum atomic E-state index is -0.597. The standard InChI is InChI=1S/C9H12N2O3/c1-13-9(14-2)6-3-4-11-5-7(6)8(10)12/h3-5,9H,1-2H3,(H2,10,12). The Bertz CT molecular complexity index is 324. The molecule has 2 N–H and O–H groups in total. The molecule has 1 heterocycles. The van der Waals surface area contributed by atoms with Crippen LogP contribution < -0.4 is 5.73 Å². The Morgan fingerprint density at radius 1 is 1.50 bits per heavy atom. The van der Waals surface area contributed by atoms with Gasteiger partial charge in [0.15, 0.2) is 6.29 Å². The van der Waals surface area contributed by atoms with Crippen LogP contribution in [-0.4, -0.2) is 25.1 Å². The van der Waals surface area contributed by atoms with Gasteiger partial charge in [-0.05, 0) is 6.07 Å². The summed E-state index contributed by atoms with van der Waals surface area (Å²) in [6.45, 7) is 0. The highest BCUT2D eigenvalue weighted by atomic mass is 16.7. The summed E-state index contributed by atoms with van der Waals surface area (Å²) in [5.41, 5.74) is 6.06. The van der Waals surface area contributed by atoms with E-state index < -0.39 is 12.2 Å². The highest BCUT2D eigenvalue weighted by Crippen LogP contribution is 2.19. The average Bonchev–Trinajstić information content (AvgIpc) is 2.20. The van der Waals surface area contributed by atoms with Crippen LogP contribution in [0.1, 0.15) is 22.2 Å². The van der Waals surface area contributed by atoms with E-state index in [1.54, 1.807) is 12.3 Å². The lowest BCUT2D eigenvalue weighted by Gasteiger charge is -2.15. The zero-order valence-corrected chi connectivity index (χ0v) is 8.06. The molecule has 1 aromatic heterocycles. The smallest absolute Gasteiger partial charge is 0.250 e. The van der Waals surface area contributed by atoms with E-state index in [2.05, 4.69) is 4.98 Å². The first-order valence-electron chi connectivity index (χ1n) is 4.00. The second kappa shape index (κ2) is 4.69. The summed E-state index contributed by atoms with van der Waals surface area (Å²) in [5, 5.41) is 0. The fraction of sp³-hybridized carbons (Fsp3) is 0.333. The lowest BCUT2D eigenvalue weighted by Crippen LogP contribution is -2.17. The summed E-state index contributed by atoms with van der Waals surface area (Å²) in [7, 11) is 2.97. The second-order valence-corrected chi connectivity index (χ2v) is 2.63. The molecule has 0 aromatic carbocycles. The van der Waals surface area contributed by atoms with Crippen LogP contribution in [0.3, 0.4) is 0 Å². The van der Waals surface area contributed by atoms with Gasteiger partial charge in [0.25, 0.3) is 5.91 Å². The summed E-state index contributed by atoms with van der Waals surface area (Å²) < 4.78 is 10.0. The number of aromatic nitrogens is 1. The van der Waals surface area contributed by atoms with E-state index in [1.807, 2.05) is 0 Å². The Kier molecular flexibility index (Phi) is 3.55. The molecule has 1 rings (SSSR count). The second-order valence-electron chi connectivity index (χ2n) is 2.63.